The number of nitro benzene ring substituents is 1. The predicted octanol–water partition coefficient (Wildman–Crippen LogP) is 0.171. The highest BCUT2D eigenvalue weighted by Crippen LogP contribution is 2.31. The van der Waals surface area contributed by atoms with Gasteiger partial charge in [-0.15, -0.1) is 5.10 Å². The molecule has 0 saturated heterocycles. The molecule has 1 aromatic carbocycles. The minimum atomic E-state index is -0.439. The SMILES string of the molecule is O=C(Cn1cnnn1)N1CCc2cc([N+](=O)[O-])ccc21. The van der Waals surface area contributed by atoms with Gasteiger partial charge in [0.2, 0.25) is 5.91 Å². The van der Waals surface area contributed by atoms with E-state index in [4.69, 9.17) is 0 Å². The van der Waals surface area contributed by atoms with Crippen LogP contribution in [0, 0.1) is 10.1 Å². The zero-order chi connectivity index (χ0) is 14.1. The molecule has 0 saturated carbocycles. The highest BCUT2D eigenvalue weighted by molar-refractivity contribution is 5.95. The topological polar surface area (TPSA) is 107 Å². The van der Waals surface area contributed by atoms with Crippen molar-refractivity contribution in [3.63, 3.8) is 0 Å². The second-order valence-electron chi connectivity index (χ2n) is 4.37. The zero-order valence-corrected chi connectivity index (χ0v) is 10.3. The zero-order valence-electron chi connectivity index (χ0n) is 10.3. The summed E-state index contributed by atoms with van der Waals surface area (Å²) < 4.78 is 1.34. The van der Waals surface area contributed by atoms with Crippen molar-refractivity contribution in [2.75, 3.05) is 11.4 Å². The number of benzene rings is 1. The van der Waals surface area contributed by atoms with E-state index < -0.39 is 4.92 Å². The van der Waals surface area contributed by atoms with Crippen molar-refractivity contribution in [2.45, 2.75) is 13.0 Å². The van der Waals surface area contributed by atoms with Gasteiger partial charge in [-0.3, -0.25) is 14.9 Å². The van der Waals surface area contributed by atoms with E-state index in [1.165, 1.54) is 23.1 Å². The van der Waals surface area contributed by atoms with Crippen molar-refractivity contribution in [3.05, 3.63) is 40.2 Å². The highest BCUT2D eigenvalue weighted by atomic mass is 16.6. The van der Waals surface area contributed by atoms with Gasteiger partial charge in [-0.1, -0.05) is 0 Å². The number of nitrogens with zero attached hydrogens (tertiary/aromatic N) is 6. The highest BCUT2D eigenvalue weighted by Gasteiger charge is 2.26. The monoisotopic (exact) mass is 274 g/mol. The molecule has 1 amide bonds. The van der Waals surface area contributed by atoms with Gasteiger partial charge in [0, 0.05) is 24.4 Å². The normalized spacial score (nSPS) is 13.3. The van der Waals surface area contributed by atoms with E-state index in [1.54, 1.807) is 11.0 Å². The third-order valence-corrected chi connectivity index (χ3v) is 3.16. The van der Waals surface area contributed by atoms with Gasteiger partial charge in [-0.2, -0.15) is 0 Å². The number of fused-ring (bicyclic) bond motifs is 1. The van der Waals surface area contributed by atoms with Crippen LogP contribution in [0.5, 0.6) is 0 Å². The Hall–Kier alpha value is -2.84. The molecule has 9 heteroatoms. The first-order valence-corrected chi connectivity index (χ1v) is 5.93. The molecule has 1 aliphatic heterocycles. The Balaban J connectivity index is 1.82. The molecule has 2 heterocycles. The minimum absolute atomic E-state index is 0.0403. The van der Waals surface area contributed by atoms with Crippen molar-refractivity contribution >= 4 is 17.3 Å². The lowest BCUT2D eigenvalue weighted by Gasteiger charge is -2.16. The number of carbonyl (C=O) groups is 1. The number of aromatic nitrogens is 4. The lowest BCUT2D eigenvalue weighted by Crippen LogP contribution is -2.32. The molecule has 2 aromatic rings. The maximum absolute atomic E-state index is 12.2. The molecule has 1 aromatic heterocycles. The van der Waals surface area contributed by atoms with Crippen LogP contribution in [-0.2, 0) is 17.8 Å². The summed E-state index contributed by atoms with van der Waals surface area (Å²) in [5.74, 6) is -0.148. The molecule has 3 rings (SSSR count). The standard InChI is InChI=1S/C11H10N6O3/c18-11(6-15-7-12-13-14-15)16-4-3-8-5-9(17(19)20)1-2-10(8)16/h1-2,5,7H,3-4,6H2. The van der Waals surface area contributed by atoms with Crippen LogP contribution >= 0.6 is 0 Å². The number of amides is 1. The fraction of sp³-hybridized carbons (Fsp3) is 0.273. The van der Waals surface area contributed by atoms with Gasteiger partial charge >= 0.3 is 0 Å². The van der Waals surface area contributed by atoms with E-state index >= 15 is 0 Å². The third-order valence-electron chi connectivity index (χ3n) is 3.16. The molecule has 0 unspecified atom stereocenters. The van der Waals surface area contributed by atoms with Crippen molar-refractivity contribution < 1.29 is 9.72 Å². The maximum atomic E-state index is 12.2. The van der Waals surface area contributed by atoms with Crippen molar-refractivity contribution in [2.24, 2.45) is 0 Å². The number of nitro groups is 1. The summed E-state index contributed by atoms with van der Waals surface area (Å²) in [6, 6.07) is 4.53. The fourth-order valence-electron chi connectivity index (χ4n) is 2.24. The van der Waals surface area contributed by atoms with E-state index in [0.29, 0.717) is 18.7 Å². The Morgan fingerprint density at radius 1 is 1.45 bits per heavy atom. The van der Waals surface area contributed by atoms with Gasteiger partial charge in [-0.25, -0.2) is 4.68 Å². The number of hydrogen-bond donors (Lipinski definition) is 0. The Labute approximate surface area is 113 Å². The summed E-state index contributed by atoms with van der Waals surface area (Å²) in [7, 11) is 0. The second kappa shape index (κ2) is 4.68. The first-order valence-electron chi connectivity index (χ1n) is 5.93. The molecule has 0 radical (unpaired) electrons. The minimum Gasteiger partial charge on any atom is -0.310 e. The summed E-state index contributed by atoms with van der Waals surface area (Å²) in [5.41, 5.74) is 1.57. The first kappa shape index (κ1) is 12.2. The number of hydrogen-bond acceptors (Lipinski definition) is 6. The molecule has 0 aliphatic carbocycles. The summed E-state index contributed by atoms with van der Waals surface area (Å²) >= 11 is 0. The summed E-state index contributed by atoms with van der Waals surface area (Å²) in [4.78, 5) is 24.1. The van der Waals surface area contributed by atoms with Crippen LogP contribution in [0.15, 0.2) is 24.5 Å². The molecule has 102 valence electrons. The lowest BCUT2D eigenvalue weighted by molar-refractivity contribution is -0.384. The van der Waals surface area contributed by atoms with Gasteiger partial charge in [-0.05, 0) is 28.5 Å². The Kier molecular flexibility index (Phi) is 2.86. The average molecular weight is 274 g/mol. The molecule has 1 aliphatic rings. The molecule has 0 bridgehead atoms. The van der Waals surface area contributed by atoms with Crippen molar-refractivity contribution in [3.8, 4) is 0 Å². The van der Waals surface area contributed by atoms with Gasteiger partial charge in [0.25, 0.3) is 5.69 Å². The summed E-state index contributed by atoms with van der Waals surface area (Å²) in [5, 5.41) is 21.3. The quantitative estimate of drug-likeness (QED) is 0.583. The van der Waals surface area contributed by atoms with Crippen LogP contribution in [0.1, 0.15) is 5.56 Å². The predicted molar refractivity (Wildman–Crippen MR) is 67.0 cm³/mol. The molecule has 0 N–H and O–H groups in total. The first-order chi connectivity index (χ1) is 9.65. The molecule has 0 fully saturated rings. The van der Waals surface area contributed by atoms with Gasteiger partial charge in [0.15, 0.2) is 0 Å². The van der Waals surface area contributed by atoms with Gasteiger partial charge in [0.1, 0.15) is 12.9 Å². The van der Waals surface area contributed by atoms with Crippen LogP contribution in [0.3, 0.4) is 0 Å². The van der Waals surface area contributed by atoms with Gasteiger partial charge in [0.05, 0.1) is 4.92 Å². The molecule has 0 atom stereocenters. The summed E-state index contributed by atoms with van der Waals surface area (Å²) in [6.45, 7) is 0.556. The fourth-order valence-corrected chi connectivity index (χ4v) is 2.24. The van der Waals surface area contributed by atoms with Crippen LogP contribution in [0.2, 0.25) is 0 Å². The van der Waals surface area contributed by atoms with Crippen LogP contribution in [-0.4, -0.2) is 37.6 Å². The van der Waals surface area contributed by atoms with E-state index in [-0.39, 0.29) is 18.1 Å². The average Bonchev–Trinajstić information content (AvgIpc) is 3.06. The van der Waals surface area contributed by atoms with E-state index in [0.717, 1.165) is 5.56 Å². The Bertz CT molecular complexity index is 669. The van der Waals surface area contributed by atoms with Crippen molar-refractivity contribution in [1.82, 2.24) is 20.2 Å². The molecule has 0 spiro atoms. The van der Waals surface area contributed by atoms with Crippen molar-refractivity contribution in [1.29, 1.82) is 0 Å². The third kappa shape index (κ3) is 2.09. The molecular formula is C11H10N6O3. The van der Waals surface area contributed by atoms with Crippen LogP contribution in [0.4, 0.5) is 11.4 Å². The summed E-state index contributed by atoms with van der Waals surface area (Å²) in [6.07, 6.45) is 1.98. The van der Waals surface area contributed by atoms with E-state index in [1.807, 2.05) is 0 Å². The smallest absolute Gasteiger partial charge is 0.269 e. The molecule has 9 nitrogen and oxygen atoms in total. The molecular weight excluding hydrogens is 264 g/mol. The largest absolute Gasteiger partial charge is 0.310 e. The Morgan fingerprint density at radius 2 is 2.30 bits per heavy atom. The van der Waals surface area contributed by atoms with E-state index in [9.17, 15) is 14.9 Å². The lowest BCUT2D eigenvalue weighted by atomic mass is 10.1. The number of non-ortho nitro benzene ring substituents is 1. The van der Waals surface area contributed by atoms with E-state index in [2.05, 4.69) is 15.5 Å². The number of anilines is 1. The second-order valence-corrected chi connectivity index (χ2v) is 4.37. The Morgan fingerprint density at radius 3 is 3.00 bits per heavy atom. The number of rotatable bonds is 3. The number of carbonyl (C=O) groups excluding carboxylic acids is 1. The maximum Gasteiger partial charge on any atom is 0.269 e. The van der Waals surface area contributed by atoms with Crippen LogP contribution < -0.4 is 4.90 Å². The van der Waals surface area contributed by atoms with Gasteiger partial charge < -0.3 is 4.90 Å². The molecule has 20 heavy (non-hydrogen) atoms. The van der Waals surface area contributed by atoms with Crippen LogP contribution in [0.25, 0.3) is 0 Å². The number of tetrazole rings is 1.